The van der Waals surface area contributed by atoms with Crippen molar-refractivity contribution in [3.05, 3.63) is 52.2 Å². The van der Waals surface area contributed by atoms with E-state index in [1.54, 1.807) is 29.3 Å². The van der Waals surface area contributed by atoms with Gasteiger partial charge in [0.25, 0.3) is 5.91 Å². The van der Waals surface area contributed by atoms with Gasteiger partial charge in [-0.05, 0) is 36.6 Å². The lowest BCUT2D eigenvalue weighted by molar-refractivity contribution is -0.136. The van der Waals surface area contributed by atoms with Crippen LogP contribution < -0.4 is 0 Å². The number of nitrogens with zero attached hydrogens (tertiary/aromatic N) is 1. The van der Waals surface area contributed by atoms with Crippen molar-refractivity contribution in [1.29, 1.82) is 0 Å². The highest BCUT2D eigenvalue weighted by Gasteiger charge is 2.37. The number of methoxy groups -OCH3 is 1. The maximum atomic E-state index is 12.8. The van der Waals surface area contributed by atoms with E-state index in [0.29, 0.717) is 16.2 Å². The van der Waals surface area contributed by atoms with Crippen LogP contribution in [-0.4, -0.2) is 29.9 Å². The SMILES string of the molecule is COC(=O)C1=CN(C2CCCC2)C(=O)/C1=C\c1ccc(Cl)cc1. The lowest BCUT2D eigenvalue weighted by Crippen LogP contribution is -2.31. The highest BCUT2D eigenvalue weighted by molar-refractivity contribution is 6.30. The second-order valence-electron chi connectivity index (χ2n) is 5.79. The van der Waals surface area contributed by atoms with Crippen molar-refractivity contribution >= 4 is 29.6 Å². The molecule has 0 atom stereocenters. The smallest absolute Gasteiger partial charge is 0.340 e. The van der Waals surface area contributed by atoms with E-state index in [2.05, 4.69) is 0 Å². The topological polar surface area (TPSA) is 46.6 Å². The average molecular weight is 332 g/mol. The summed E-state index contributed by atoms with van der Waals surface area (Å²) in [5.74, 6) is -0.619. The Kier molecular flexibility index (Phi) is 4.53. The van der Waals surface area contributed by atoms with Gasteiger partial charge in [-0.25, -0.2) is 4.79 Å². The Morgan fingerprint density at radius 3 is 2.52 bits per heavy atom. The monoisotopic (exact) mass is 331 g/mol. The highest BCUT2D eigenvalue weighted by Crippen LogP contribution is 2.33. The molecular weight excluding hydrogens is 314 g/mol. The predicted octanol–water partition coefficient (Wildman–Crippen LogP) is 3.57. The first-order valence-electron chi connectivity index (χ1n) is 7.70. The molecule has 1 heterocycles. The van der Waals surface area contributed by atoms with Crippen molar-refractivity contribution in [3.63, 3.8) is 0 Å². The summed E-state index contributed by atoms with van der Waals surface area (Å²) in [6.07, 6.45) is 7.55. The number of benzene rings is 1. The molecule has 1 saturated carbocycles. The van der Waals surface area contributed by atoms with Gasteiger partial charge >= 0.3 is 5.97 Å². The third-order valence-corrected chi connectivity index (χ3v) is 4.58. The van der Waals surface area contributed by atoms with E-state index in [-0.39, 0.29) is 11.9 Å². The van der Waals surface area contributed by atoms with Crippen LogP contribution in [0.4, 0.5) is 0 Å². The Morgan fingerprint density at radius 2 is 1.91 bits per heavy atom. The zero-order valence-corrected chi connectivity index (χ0v) is 13.7. The molecule has 1 aromatic rings. The summed E-state index contributed by atoms with van der Waals surface area (Å²) in [5, 5.41) is 0.626. The molecule has 1 aromatic carbocycles. The van der Waals surface area contributed by atoms with Crippen LogP contribution in [0.25, 0.3) is 6.08 Å². The minimum atomic E-state index is -0.487. The fourth-order valence-electron chi connectivity index (χ4n) is 3.11. The molecule has 4 nitrogen and oxygen atoms in total. The Balaban J connectivity index is 1.96. The van der Waals surface area contributed by atoms with Crippen LogP contribution in [-0.2, 0) is 14.3 Å². The normalized spacial score (nSPS) is 20.3. The molecule has 0 unspecified atom stereocenters. The first kappa shape index (κ1) is 15.8. The highest BCUT2D eigenvalue weighted by atomic mass is 35.5. The quantitative estimate of drug-likeness (QED) is 0.628. The van der Waals surface area contributed by atoms with Gasteiger partial charge in [0, 0.05) is 17.3 Å². The van der Waals surface area contributed by atoms with Crippen LogP contribution in [0.5, 0.6) is 0 Å². The third kappa shape index (κ3) is 3.17. The van der Waals surface area contributed by atoms with Crippen LogP contribution in [0, 0.1) is 0 Å². The van der Waals surface area contributed by atoms with Gasteiger partial charge < -0.3 is 9.64 Å². The molecule has 23 heavy (non-hydrogen) atoms. The minimum Gasteiger partial charge on any atom is -0.465 e. The minimum absolute atomic E-state index is 0.132. The number of carbonyl (C=O) groups is 2. The molecule has 1 fully saturated rings. The van der Waals surface area contributed by atoms with E-state index in [4.69, 9.17) is 16.3 Å². The van der Waals surface area contributed by atoms with Gasteiger partial charge in [0.05, 0.1) is 18.3 Å². The van der Waals surface area contributed by atoms with Crippen molar-refractivity contribution in [1.82, 2.24) is 4.90 Å². The van der Waals surface area contributed by atoms with E-state index in [9.17, 15) is 9.59 Å². The van der Waals surface area contributed by atoms with Crippen LogP contribution in [0.1, 0.15) is 31.2 Å². The maximum absolute atomic E-state index is 12.8. The molecule has 1 aliphatic carbocycles. The summed E-state index contributed by atoms with van der Waals surface area (Å²) in [5.41, 5.74) is 1.52. The third-order valence-electron chi connectivity index (χ3n) is 4.33. The van der Waals surface area contributed by atoms with E-state index in [1.807, 2.05) is 12.1 Å². The molecule has 0 bridgehead atoms. The van der Waals surface area contributed by atoms with Gasteiger partial charge in [0.1, 0.15) is 0 Å². The van der Waals surface area contributed by atoms with E-state index in [0.717, 1.165) is 31.2 Å². The zero-order valence-electron chi connectivity index (χ0n) is 12.9. The molecule has 0 spiro atoms. The van der Waals surface area contributed by atoms with Gasteiger partial charge in [0.2, 0.25) is 0 Å². The van der Waals surface area contributed by atoms with Crippen molar-refractivity contribution in [2.24, 2.45) is 0 Å². The van der Waals surface area contributed by atoms with Crippen LogP contribution >= 0.6 is 11.6 Å². The second kappa shape index (κ2) is 6.59. The summed E-state index contributed by atoms with van der Waals surface area (Å²) >= 11 is 5.89. The summed E-state index contributed by atoms with van der Waals surface area (Å²) in [4.78, 5) is 26.5. The number of ether oxygens (including phenoxy) is 1. The molecule has 0 N–H and O–H groups in total. The molecule has 0 radical (unpaired) electrons. The van der Waals surface area contributed by atoms with Crippen molar-refractivity contribution in [3.8, 4) is 0 Å². The molecule has 1 aliphatic heterocycles. The number of amides is 1. The Bertz CT molecular complexity index is 685. The number of carbonyl (C=O) groups excluding carboxylic acids is 2. The largest absolute Gasteiger partial charge is 0.465 e. The molecule has 2 aliphatic rings. The predicted molar refractivity (Wildman–Crippen MR) is 88.6 cm³/mol. The summed E-state index contributed by atoms with van der Waals surface area (Å²) < 4.78 is 4.83. The van der Waals surface area contributed by atoms with Gasteiger partial charge in [-0.1, -0.05) is 36.6 Å². The van der Waals surface area contributed by atoms with E-state index >= 15 is 0 Å². The summed E-state index contributed by atoms with van der Waals surface area (Å²) in [6.45, 7) is 0. The van der Waals surface area contributed by atoms with Gasteiger partial charge in [-0.15, -0.1) is 0 Å². The second-order valence-corrected chi connectivity index (χ2v) is 6.23. The number of hydrogen-bond acceptors (Lipinski definition) is 3. The number of rotatable bonds is 3. The van der Waals surface area contributed by atoms with Crippen molar-refractivity contribution in [2.45, 2.75) is 31.7 Å². The molecule has 0 aromatic heterocycles. The lowest BCUT2D eigenvalue weighted by Gasteiger charge is -2.21. The van der Waals surface area contributed by atoms with Crippen LogP contribution in [0.2, 0.25) is 5.02 Å². The number of esters is 1. The standard InChI is InChI=1S/C18H18ClNO3/c1-23-18(22)16-11-20(14-4-2-3-5-14)17(21)15(16)10-12-6-8-13(19)9-7-12/h6-11,14H,2-5H2,1H3/b15-10-. The number of hydrogen-bond donors (Lipinski definition) is 0. The fourth-order valence-corrected chi connectivity index (χ4v) is 3.24. The molecule has 5 heteroatoms. The van der Waals surface area contributed by atoms with E-state index < -0.39 is 5.97 Å². The molecular formula is C18H18ClNO3. The van der Waals surface area contributed by atoms with Crippen molar-refractivity contribution < 1.29 is 14.3 Å². The van der Waals surface area contributed by atoms with Gasteiger partial charge in [-0.3, -0.25) is 4.79 Å². The molecule has 0 saturated heterocycles. The van der Waals surface area contributed by atoms with E-state index in [1.165, 1.54) is 7.11 Å². The molecule has 1 amide bonds. The van der Waals surface area contributed by atoms with Crippen LogP contribution in [0.3, 0.4) is 0 Å². The van der Waals surface area contributed by atoms with Gasteiger partial charge in [0.15, 0.2) is 0 Å². The average Bonchev–Trinajstić information content (AvgIpc) is 3.18. The lowest BCUT2D eigenvalue weighted by atomic mass is 10.1. The van der Waals surface area contributed by atoms with Gasteiger partial charge in [-0.2, -0.15) is 0 Å². The van der Waals surface area contributed by atoms with Crippen molar-refractivity contribution in [2.75, 3.05) is 7.11 Å². The van der Waals surface area contributed by atoms with Crippen LogP contribution in [0.15, 0.2) is 41.6 Å². The first-order chi connectivity index (χ1) is 11.1. The first-order valence-corrected chi connectivity index (χ1v) is 8.08. The molecule has 120 valence electrons. The Morgan fingerprint density at radius 1 is 1.26 bits per heavy atom. The summed E-state index contributed by atoms with van der Waals surface area (Å²) in [7, 11) is 1.33. The Hall–Kier alpha value is -2.07. The fraction of sp³-hybridized carbons (Fsp3) is 0.333. The maximum Gasteiger partial charge on any atom is 0.340 e. The Labute approximate surface area is 140 Å². The zero-order chi connectivity index (χ0) is 16.4. The molecule has 3 rings (SSSR count). The summed E-state index contributed by atoms with van der Waals surface area (Å²) in [6, 6.07) is 7.32. The number of halogens is 1.